The van der Waals surface area contributed by atoms with Crippen LogP contribution in [0.3, 0.4) is 0 Å². The summed E-state index contributed by atoms with van der Waals surface area (Å²) in [5, 5.41) is 18.3. The smallest absolute Gasteiger partial charge is 0.462 e. The number of rotatable bonds is 36. The zero-order chi connectivity index (χ0) is 38.4. The fourth-order valence-electron chi connectivity index (χ4n) is 4.87. The van der Waals surface area contributed by atoms with E-state index in [1.807, 2.05) is 0 Å². The first kappa shape index (κ1) is 49.7. The van der Waals surface area contributed by atoms with Crippen LogP contribution in [0.1, 0.15) is 149 Å². The highest BCUT2D eigenvalue weighted by Gasteiger charge is 2.27. The molecule has 52 heavy (non-hydrogen) atoms. The minimum absolute atomic E-state index is 0.163. The van der Waals surface area contributed by atoms with Crippen molar-refractivity contribution in [2.24, 2.45) is 0 Å². The van der Waals surface area contributed by atoms with E-state index in [-0.39, 0.29) is 19.4 Å². The summed E-state index contributed by atoms with van der Waals surface area (Å²) >= 11 is 0. The molecule has 0 aromatic rings. The number of phosphoric acid groups is 1. The Morgan fingerprint density at radius 2 is 1.06 bits per heavy atom. The minimum atomic E-state index is -4.62. The van der Waals surface area contributed by atoms with Gasteiger partial charge in [0.25, 0.3) is 0 Å². The van der Waals surface area contributed by atoms with Crippen LogP contribution in [0.5, 0.6) is 0 Å². The summed E-state index contributed by atoms with van der Waals surface area (Å²) in [6, 6.07) is 0. The lowest BCUT2D eigenvalue weighted by atomic mass is 10.1. The Morgan fingerprint density at radius 1 is 0.596 bits per heavy atom. The second-order valence-corrected chi connectivity index (χ2v) is 14.4. The average Bonchev–Trinajstić information content (AvgIpc) is 3.13. The number of allylic oxidation sites excluding steroid dienone is 10. The number of ether oxygens (including phenoxy) is 2. The number of hydrogen-bond donors (Lipinski definition) is 3. The first-order valence-corrected chi connectivity index (χ1v) is 21.2. The van der Waals surface area contributed by atoms with Crippen molar-refractivity contribution in [3.8, 4) is 0 Å². The molecule has 0 bridgehead atoms. The summed E-state index contributed by atoms with van der Waals surface area (Å²) < 4.78 is 32.6. The topological polar surface area (TPSA) is 149 Å². The number of carbonyl (C=O) groups is 2. The van der Waals surface area contributed by atoms with Crippen LogP contribution in [0.2, 0.25) is 0 Å². The van der Waals surface area contributed by atoms with Gasteiger partial charge in [0.1, 0.15) is 12.7 Å². The van der Waals surface area contributed by atoms with Gasteiger partial charge in [-0.15, -0.1) is 0 Å². The summed E-state index contributed by atoms with van der Waals surface area (Å²) in [4.78, 5) is 34.8. The molecule has 300 valence electrons. The van der Waals surface area contributed by atoms with Crippen molar-refractivity contribution in [2.45, 2.75) is 161 Å². The molecule has 0 aliphatic heterocycles. The van der Waals surface area contributed by atoms with Gasteiger partial charge >= 0.3 is 19.8 Å². The zero-order valence-corrected chi connectivity index (χ0v) is 33.1. The number of aliphatic hydroxyl groups excluding tert-OH is 2. The molecule has 0 aliphatic carbocycles. The van der Waals surface area contributed by atoms with Crippen molar-refractivity contribution in [2.75, 3.05) is 26.4 Å². The minimum Gasteiger partial charge on any atom is -0.462 e. The molecular formula is C41H71O10P. The fourth-order valence-corrected chi connectivity index (χ4v) is 5.66. The summed E-state index contributed by atoms with van der Waals surface area (Å²) in [5.41, 5.74) is 0. The predicted octanol–water partition coefficient (Wildman–Crippen LogP) is 9.94. The molecule has 0 rings (SSSR count). The van der Waals surface area contributed by atoms with Crippen molar-refractivity contribution in [1.82, 2.24) is 0 Å². The van der Waals surface area contributed by atoms with Crippen molar-refractivity contribution in [1.29, 1.82) is 0 Å². The van der Waals surface area contributed by atoms with Gasteiger partial charge < -0.3 is 24.6 Å². The lowest BCUT2D eigenvalue weighted by Gasteiger charge is -2.20. The van der Waals surface area contributed by atoms with Gasteiger partial charge in [0.2, 0.25) is 0 Å². The van der Waals surface area contributed by atoms with Crippen LogP contribution in [0.15, 0.2) is 60.8 Å². The number of phosphoric ester groups is 1. The van der Waals surface area contributed by atoms with E-state index >= 15 is 0 Å². The Hall–Kier alpha value is -2.33. The van der Waals surface area contributed by atoms with Crippen LogP contribution in [-0.2, 0) is 32.7 Å². The summed E-state index contributed by atoms with van der Waals surface area (Å²) in [7, 11) is -4.62. The van der Waals surface area contributed by atoms with E-state index in [9.17, 15) is 24.2 Å². The number of unbranched alkanes of at least 4 members (excludes halogenated alkanes) is 12. The Labute approximate surface area is 315 Å². The van der Waals surface area contributed by atoms with E-state index in [1.165, 1.54) is 0 Å². The zero-order valence-electron chi connectivity index (χ0n) is 32.3. The van der Waals surface area contributed by atoms with Gasteiger partial charge in [0, 0.05) is 12.8 Å². The summed E-state index contributed by atoms with van der Waals surface area (Å²) in [6.07, 6.45) is 39.1. The molecule has 0 fully saturated rings. The lowest BCUT2D eigenvalue weighted by molar-refractivity contribution is -0.161. The Balaban J connectivity index is 4.36. The van der Waals surface area contributed by atoms with Crippen molar-refractivity contribution < 1.29 is 47.8 Å². The molecular weight excluding hydrogens is 683 g/mol. The van der Waals surface area contributed by atoms with E-state index in [0.29, 0.717) is 12.8 Å². The molecule has 0 saturated carbocycles. The van der Waals surface area contributed by atoms with Crippen LogP contribution in [0.4, 0.5) is 0 Å². The van der Waals surface area contributed by atoms with Crippen molar-refractivity contribution >= 4 is 19.8 Å². The fraction of sp³-hybridized carbons (Fsp3) is 0.707. The normalized spacial score (nSPS) is 14.6. The SMILES string of the molecule is CC/C=C\C/C=C\C/C=C\C/C=C\CCCCCCCCC(=O)OC(COC(=O)CCCCCCC/C=C\CCC)COP(=O)(O)OCC(O)CO. The van der Waals surface area contributed by atoms with Gasteiger partial charge in [0.15, 0.2) is 6.10 Å². The first-order valence-electron chi connectivity index (χ1n) is 19.7. The van der Waals surface area contributed by atoms with Crippen LogP contribution in [-0.4, -0.2) is 65.7 Å². The molecule has 0 aromatic heterocycles. The molecule has 0 spiro atoms. The molecule has 3 atom stereocenters. The second-order valence-electron chi connectivity index (χ2n) is 12.9. The Kier molecular flexibility index (Phi) is 35.3. The first-order chi connectivity index (χ1) is 25.2. The van der Waals surface area contributed by atoms with Crippen molar-refractivity contribution in [3.63, 3.8) is 0 Å². The number of aliphatic hydroxyl groups is 2. The number of esters is 2. The highest BCUT2D eigenvalue weighted by atomic mass is 31.2. The second kappa shape index (κ2) is 37.0. The van der Waals surface area contributed by atoms with Gasteiger partial charge in [-0.25, -0.2) is 4.57 Å². The third kappa shape index (κ3) is 36.0. The van der Waals surface area contributed by atoms with Crippen LogP contribution >= 0.6 is 7.82 Å². The maximum Gasteiger partial charge on any atom is 0.472 e. The molecule has 0 amide bonds. The van der Waals surface area contributed by atoms with E-state index in [2.05, 4.69) is 79.1 Å². The molecule has 0 aromatic carbocycles. The van der Waals surface area contributed by atoms with Crippen LogP contribution in [0.25, 0.3) is 0 Å². The summed E-state index contributed by atoms with van der Waals surface area (Å²) in [5.74, 6) is -0.960. The quantitative estimate of drug-likeness (QED) is 0.0244. The van der Waals surface area contributed by atoms with Crippen LogP contribution < -0.4 is 0 Å². The highest BCUT2D eigenvalue weighted by Crippen LogP contribution is 2.43. The standard InChI is InChI=1S/C41H71O10P/c1-3-5-7-9-11-13-15-16-17-18-19-20-21-22-23-25-27-29-31-33-41(45)51-39(37-50-52(46,47)49-35-38(43)34-42)36-48-40(44)32-30-28-26-24-14-12-10-8-6-4-2/h5,7-8,10-11,13,16-17,19-20,38-39,42-43H,3-4,6,9,12,14-15,18,21-37H2,1-2H3,(H,46,47)/b7-5-,10-8-,13-11-,17-16-,20-19-. The maximum absolute atomic E-state index is 12.6. The number of hydrogen-bond acceptors (Lipinski definition) is 9. The van der Waals surface area contributed by atoms with E-state index in [4.69, 9.17) is 19.1 Å². The molecule has 11 heteroatoms. The van der Waals surface area contributed by atoms with Crippen LogP contribution in [0, 0.1) is 0 Å². The summed E-state index contributed by atoms with van der Waals surface area (Å²) in [6.45, 7) is 2.15. The number of carbonyl (C=O) groups excluding carboxylic acids is 2. The molecule has 3 unspecified atom stereocenters. The molecule has 0 radical (unpaired) electrons. The molecule has 0 heterocycles. The Morgan fingerprint density at radius 3 is 1.62 bits per heavy atom. The Bertz CT molecular complexity index is 1050. The monoisotopic (exact) mass is 754 g/mol. The largest absolute Gasteiger partial charge is 0.472 e. The lowest BCUT2D eigenvalue weighted by Crippen LogP contribution is -2.29. The molecule has 0 saturated heterocycles. The molecule has 10 nitrogen and oxygen atoms in total. The molecule has 0 aliphatic rings. The molecule has 3 N–H and O–H groups in total. The van der Waals surface area contributed by atoms with E-state index in [1.54, 1.807) is 0 Å². The van der Waals surface area contributed by atoms with Gasteiger partial charge in [-0.3, -0.25) is 18.6 Å². The van der Waals surface area contributed by atoms with Gasteiger partial charge in [-0.2, -0.15) is 0 Å². The third-order valence-electron chi connectivity index (χ3n) is 7.89. The van der Waals surface area contributed by atoms with Gasteiger partial charge in [0.05, 0.1) is 19.8 Å². The van der Waals surface area contributed by atoms with Gasteiger partial charge in [-0.05, 0) is 70.6 Å². The van der Waals surface area contributed by atoms with E-state index in [0.717, 1.165) is 109 Å². The van der Waals surface area contributed by atoms with Crippen molar-refractivity contribution in [3.05, 3.63) is 60.8 Å². The predicted molar refractivity (Wildman–Crippen MR) is 210 cm³/mol. The highest BCUT2D eigenvalue weighted by molar-refractivity contribution is 7.47. The average molecular weight is 755 g/mol. The maximum atomic E-state index is 12.6. The van der Waals surface area contributed by atoms with Gasteiger partial charge in [-0.1, -0.05) is 126 Å². The third-order valence-corrected chi connectivity index (χ3v) is 8.84. The van der Waals surface area contributed by atoms with E-state index < -0.39 is 51.8 Å².